The maximum Gasteiger partial charge on any atom is 0.245 e. The summed E-state index contributed by atoms with van der Waals surface area (Å²) < 4.78 is 45.5. The lowest BCUT2D eigenvalue weighted by Crippen LogP contribution is -2.62. The van der Waals surface area contributed by atoms with E-state index >= 15 is 0 Å². The Hall–Kier alpha value is -2.54. The summed E-state index contributed by atoms with van der Waals surface area (Å²) in [5.74, 6) is -1.35. The Morgan fingerprint density at radius 3 is 2.41 bits per heavy atom. The zero-order valence-electron chi connectivity index (χ0n) is 18.8. The van der Waals surface area contributed by atoms with Crippen LogP contribution < -0.4 is 10.2 Å². The minimum absolute atomic E-state index is 0.0298. The molecule has 4 atom stereocenters. The first-order valence-corrected chi connectivity index (χ1v) is 12.3. The quantitative estimate of drug-likeness (QED) is 0.390. The van der Waals surface area contributed by atoms with Crippen LogP contribution in [0.4, 0.5) is 0 Å². The van der Waals surface area contributed by atoms with Gasteiger partial charge in [0.25, 0.3) is 0 Å². The number of hydrogen-bond donors (Lipinski definition) is 3. The van der Waals surface area contributed by atoms with Crippen molar-refractivity contribution in [2.75, 3.05) is 6.54 Å². The van der Waals surface area contributed by atoms with Gasteiger partial charge >= 0.3 is 0 Å². The van der Waals surface area contributed by atoms with Crippen molar-refractivity contribution < 1.29 is 37.7 Å². The third-order valence-electron chi connectivity index (χ3n) is 5.86. The number of carbonyl (C=O) groups is 1. The maximum atomic E-state index is 13.5. The Balaban J connectivity index is 1.57. The molecule has 2 aliphatic rings. The van der Waals surface area contributed by atoms with Crippen LogP contribution >= 0.6 is 0 Å². The van der Waals surface area contributed by atoms with Crippen molar-refractivity contribution in [3.63, 3.8) is 0 Å². The molecule has 0 saturated carbocycles. The van der Waals surface area contributed by atoms with Gasteiger partial charge in [0, 0.05) is 13.0 Å². The summed E-state index contributed by atoms with van der Waals surface area (Å²) in [5, 5.41) is 19.7. The van der Waals surface area contributed by atoms with Gasteiger partial charge in [0.2, 0.25) is 15.9 Å². The van der Waals surface area contributed by atoms with Crippen LogP contribution in [-0.4, -0.2) is 65.6 Å². The van der Waals surface area contributed by atoms with Crippen LogP contribution in [0.5, 0.6) is 5.75 Å². The molecule has 2 saturated heterocycles. The van der Waals surface area contributed by atoms with Crippen LogP contribution in [0.15, 0.2) is 59.5 Å². The number of fused-ring (bicyclic) bond motifs is 1. The van der Waals surface area contributed by atoms with Gasteiger partial charge in [-0.25, -0.2) is 13.9 Å². The molecule has 0 aliphatic carbocycles. The molecule has 2 aromatic rings. The smallest absolute Gasteiger partial charge is 0.245 e. The second-order valence-corrected chi connectivity index (χ2v) is 10.6. The van der Waals surface area contributed by atoms with Crippen LogP contribution in [0.3, 0.4) is 0 Å². The summed E-state index contributed by atoms with van der Waals surface area (Å²) >= 11 is 0. The standard InChI is InChI=1S/C23H28N2O8S/c1-23(2)32-21-18(12-20(27)24-28)25(13-19(26)22(21)33-23)34(29,30)17-10-8-16(9-11-17)31-14-15-6-4-3-5-7-15/h3-11,18-19,21-22,26,28H,12-14H2,1-2H3,(H,24,27)/t18-,19-,21+,22-/m1/s1. The maximum absolute atomic E-state index is 13.5. The molecule has 0 unspecified atom stereocenters. The summed E-state index contributed by atoms with van der Waals surface area (Å²) in [7, 11) is -4.14. The van der Waals surface area contributed by atoms with Crippen molar-refractivity contribution in [1.29, 1.82) is 0 Å². The summed E-state index contributed by atoms with van der Waals surface area (Å²) in [4.78, 5) is 12.0. The van der Waals surface area contributed by atoms with Gasteiger partial charge < -0.3 is 19.3 Å². The molecule has 0 aromatic heterocycles. The van der Waals surface area contributed by atoms with E-state index in [4.69, 9.17) is 19.4 Å². The highest BCUT2D eigenvalue weighted by Crippen LogP contribution is 2.39. The number of aliphatic hydroxyl groups is 1. The predicted molar refractivity (Wildman–Crippen MR) is 119 cm³/mol. The van der Waals surface area contributed by atoms with Crippen LogP contribution in [0.1, 0.15) is 25.8 Å². The van der Waals surface area contributed by atoms with Gasteiger partial charge in [-0.3, -0.25) is 10.0 Å². The molecule has 3 N–H and O–H groups in total. The molecule has 1 amide bonds. The number of ether oxygens (including phenoxy) is 3. The third kappa shape index (κ3) is 5.09. The Morgan fingerprint density at radius 1 is 1.12 bits per heavy atom. The zero-order chi connectivity index (χ0) is 24.5. The monoisotopic (exact) mass is 492 g/mol. The molecule has 2 aliphatic heterocycles. The van der Waals surface area contributed by atoms with E-state index in [1.54, 1.807) is 26.0 Å². The Kier molecular flexibility index (Phi) is 6.94. The highest BCUT2D eigenvalue weighted by atomic mass is 32.2. The lowest BCUT2D eigenvalue weighted by Gasteiger charge is -2.42. The van der Waals surface area contributed by atoms with Crippen LogP contribution in [0.25, 0.3) is 0 Å². The van der Waals surface area contributed by atoms with E-state index in [1.165, 1.54) is 17.6 Å². The molecule has 184 valence electrons. The summed E-state index contributed by atoms with van der Waals surface area (Å²) in [6.07, 6.45) is -3.25. The molecule has 34 heavy (non-hydrogen) atoms. The van der Waals surface area contributed by atoms with Crippen molar-refractivity contribution in [1.82, 2.24) is 9.79 Å². The molecule has 10 nitrogen and oxygen atoms in total. The zero-order valence-corrected chi connectivity index (χ0v) is 19.6. The minimum Gasteiger partial charge on any atom is -0.489 e. The minimum atomic E-state index is -4.14. The highest BCUT2D eigenvalue weighted by molar-refractivity contribution is 7.89. The number of β-amino-alcohol motifs (C(OH)–C–C–N with tert-alkyl or cyclic N) is 1. The van der Waals surface area contributed by atoms with E-state index in [2.05, 4.69) is 0 Å². The third-order valence-corrected chi connectivity index (χ3v) is 7.76. The van der Waals surface area contributed by atoms with Gasteiger partial charge in [0.05, 0.1) is 17.0 Å². The number of piperidine rings is 1. The van der Waals surface area contributed by atoms with Gasteiger partial charge in [-0.15, -0.1) is 0 Å². The molecule has 11 heteroatoms. The van der Waals surface area contributed by atoms with Crippen LogP contribution in [-0.2, 0) is 30.9 Å². The second-order valence-electron chi connectivity index (χ2n) is 8.76. The van der Waals surface area contributed by atoms with Crippen molar-refractivity contribution >= 4 is 15.9 Å². The number of nitrogens with zero attached hydrogens (tertiary/aromatic N) is 1. The number of carbonyl (C=O) groups excluding carboxylic acids is 1. The average molecular weight is 493 g/mol. The lowest BCUT2D eigenvalue weighted by molar-refractivity contribution is -0.153. The molecule has 2 aromatic carbocycles. The average Bonchev–Trinajstić information content (AvgIpc) is 3.16. The Morgan fingerprint density at radius 2 is 1.76 bits per heavy atom. The Labute approximate surface area is 198 Å². The summed E-state index contributed by atoms with van der Waals surface area (Å²) in [6, 6.07) is 14.5. The van der Waals surface area contributed by atoms with E-state index < -0.39 is 46.1 Å². The van der Waals surface area contributed by atoms with Crippen molar-refractivity contribution in [2.24, 2.45) is 0 Å². The number of hydroxylamine groups is 1. The SMILES string of the molecule is CC1(C)O[C@@H]2[C@H](O1)[C@H](O)CN(S(=O)(=O)c1ccc(OCc3ccccc3)cc1)[C@@H]2CC(=O)NO. The van der Waals surface area contributed by atoms with Crippen molar-refractivity contribution in [2.45, 2.75) is 61.9 Å². The van der Waals surface area contributed by atoms with E-state index in [1.807, 2.05) is 30.3 Å². The number of aliphatic hydroxyl groups excluding tert-OH is 1. The molecule has 0 spiro atoms. The fourth-order valence-electron chi connectivity index (χ4n) is 4.31. The molecule has 0 radical (unpaired) electrons. The molecular weight excluding hydrogens is 464 g/mol. The van der Waals surface area contributed by atoms with E-state index in [9.17, 15) is 18.3 Å². The first kappa shape index (κ1) is 24.6. The summed E-state index contributed by atoms with van der Waals surface area (Å²) in [6.45, 7) is 3.33. The number of sulfonamides is 1. The van der Waals surface area contributed by atoms with Gasteiger partial charge in [-0.05, 0) is 43.7 Å². The van der Waals surface area contributed by atoms with E-state index in [-0.39, 0.29) is 17.9 Å². The molecule has 4 rings (SSSR count). The van der Waals surface area contributed by atoms with Crippen molar-refractivity contribution in [3.8, 4) is 5.75 Å². The lowest BCUT2D eigenvalue weighted by atomic mass is 9.94. The fraction of sp³-hybridized carbons (Fsp3) is 0.435. The van der Waals surface area contributed by atoms with E-state index in [0.717, 1.165) is 9.87 Å². The topological polar surface area (TPSA) is 135 Å². The van der Waals surface area contributed by atoms with Gasteiger partial charge in [-0.1, -0.05) is 30.3 Å². The predicted octanol–water partition coefficient (Wildman–Crippen LogP) is 1.41. The van der Waals surface area contributed by atoms with Crippen LogP contribution in [0, 0.1) is 0 Å². The largest absolute Gasteiger partial charge is 0.489 e. The molecule has 2 heterocycles. The number of amides is 1. The van der Waals surface area contributed by atoms with Gasteiger partial charge in [-0.2, -0.15) is 4.31 Å². The van der Waals surface area contributed by atoms with Crippen LogP contribution in [0.2, 0.25) is 0 Å². The fourth-order valence-corrected chi connectivity index (χ4v) is 5.96. The summed E-state index contributed by atoms with van der Waals surface area (Å²) in [5.41, 5.74) is 2.51. The van der Waals surface area contributed by atoms with Gasteiger partial charge in [0.15, 0.2) is 5.79 Å². The second kappa shape index (κ2) is 9.61. The molecule has 0 bridgehead atoms. The first-order chi connectivity index (χ1) is 16.1. The number of hydrogen-bond acceptors (Lipinski definition) is 8. The van der Waals surface area contributed by atoms with E-state index in [0.29, 0.717) is 12.4 Å². The normalized spacial score (nSPS) is 26.6. The first-order valence-electron chi connectivity index (χ1n) is 10.9. The van der Waals surface area contributed by atoms with Crippen molar-refractivity contribution in [3.05, 3.63) is 60.2 Å². The molecule has 2 fully saturated rings. The number of nitrogens with one attached hydrogen (secondary N) is 1. The Bertz CT molecular complexity index is 1110. The number of benzene rings is 2. The van der Waals surface area contributed by atoms with Gasteiger partial charge in [0.1, 0.15) is 24.6 Å². The molecular formula is C23H28N2O8S. The number of rotatable bonds is 7. The highest BCUT2D eigenvalue weighted by Gasteiger charge is 2.56.